The Morgan fingerprint density at radius 2 is 1.90 bits per heavy atom. The third-order valence-electron chi connectivity index (χ3n) is 2.74. The number of aliphatic hydroxyl groups is 1. The molecule has 0 radical (unpaired) electrons. The minimum atomic E-state index is -0.683. The van der Waals surface area contributed by atoms with Gasteiger partial charge < -0.3 is 14.6 Å². The van der Waals surface area contributed by atoms with Gasteiger partial charge in [0, 0.05) is 10.6 Å². The van der Waals surface area contributed by atoms with Crippen molar-refractivity contribution in [1.82, 2.24) is 0 Å². The average molecular weight is 305 g/mol. The fourth-order valence-corrected chi connectivity index (χ4v) is 1.93. The van der Waals surface area contributed by atoms with E-state index in [1.807, 2.05) is 18.2 Å². The lowest BCUT2D eigenvalue weighted by Gasteiger charge is -2.12. The summed E-state index contributed by atoms with van der Waals surface area (Å²) in [6.45, 7) is 0. The fraction of sp³-hybridized carbons (Fsp3) is 0.0625. The number of halogens is 1. The molecule has 0 aliphatic rings. The van der Waals surface area contributed by atoms with Crippen LogP contribution in [0.25, 0.3) is 5.57 Å². The molecule has 2 aromatic carbocycles. The number of aliphatic hydroxyl groups excluding tert-OH is 1. The van der Waals surface area contributed by atoms with Gasteiger partial charge in [-0.15, -0.1) is 0 Å². The maximum absolute atomic E-state index is 11.7. The van der Waals surface area contributed by atoms with E-state index in [0.29, 0.717) is 28.3 Å². The van der Waals surface area contributed by atoms with E-state index < -0.39 is 5.97 Å². The van der Waals surface area contributed by atoms with E-state index in [2.05, 4.69) is 4.74 Å². The van der Waals surface area contributed by atoms with Crippen molar-refractivity contribution >= 4 is 23.1 Å². The van der Waals surface area contributed by atoms with Crippen molar-refractivity contribution in [1.29, 1.82) is 0 Å². The summed E-state index contributed by atoms with van der Waals surface area (Å²) in [4.78, 5) is 11.7. The standard InChI is InChI=1S/C16H13ClO4/c1-20-16(19)14(10-18)13-9-11(17)7-8-15(13)21-12-5-3-2-4-6-12/h2-10,18H,1H3/b14-10-. The maximum atomic E-state index is 11.7. The van der Waals surface area contributed by atoms with Crippen LogP contribution >= 0.6 is 11.6 Å². The Morgan fingerprint density at radius 3 is 2.52 bits per heavy atom. The fourth-order valence-electron chi connectivity index (χ4n) is 1.76. The zero-order valence-corrected chi connectivity index (χ0v) is 12.0. The van der Waals surface area contributed by atoms with Gasteiger partial charge in [0.05, 0.1) is 13.4 Å². The van der Waals surface area contributed by atoms with Gasteiger partial charge in [-0.2, -0.15) is 0 Å². The Morgan fingerprint density at radius 1 is 1.19 bits per heavy atom. The summed E-state index contributed by atoms with van der Waals surface area (Å²) in [5, 5.41) is 9.71. The molecular weight excluding hydrogens is 292 g/mol. The van der Waals surface area contributed by atoms with Gasteiger partial charge in [0.25, 0.3) is 0 Å². The second-order valence-corrected chi connectivity index (χ2v) is 4.53. The zero-order chi connectivity index (χ0) is 15.2. The molecule has 21 heavy (non-hydrogen) atoms. The number of hydrogen-bond donors (Lipinski definition) is 1. The molecular formula is C16H13ClO4. The topological polar surface area (TPSA) is 55.8 Å². The highest BCUT2D eigenvalue weighted by molar-refractivity contribution is 6.31. The number of carbonyl (C=O) groups is 1. The van der Waals surface area contributed by atoms with E-state index in [4.69, 9.17) is 16.3 Å². The van der Waals surface area contributed by atoms with Gasteiger partial charge >= 0.3 is 5.97 Å². The lowest BCUT2D eigenvalue weighted by Crippen LogP contribution is -2.05. The van der Waals surface area contributed by atoms with Crippen molar-refractivity contribution in [3.63, 3.8) is 0 Å². The number of methoxy groups -OCH3 is 1. The number of esters is 1. The van der Waals surface area contributed by atoms with Gasteiger partial charge in [-0.25, -0.2) is 4.79 Å². The Hall–Kier alpha value is -2.46. The van der Waals surface area contributed by atoms with E-state index in [1.165, 1.54) is 13.2 Å². The van der Waals surface area contributed by atoms with Crippen molar-refractivity contribution in [3.05, 3.63) is 65.4 Å². The van der Waals surface area contributed by atoms with Crippen LogP contribution in [-0.2, 0) is 9.53 Å². The van der Waals surface area contributed by atoms with Gasteiger partial charge in [-0.05, 0) is 30.3 Å². The first-order valence-corrected chi connectivity index (χ1v) is 6.49. The highest BCUT2D eigenvalue weighted by Crippen LogP contribution is 2.33. The molecule has 0 amide bonds. The molecule has 0 bridgehead atoms. The van der Waals surface area contributed by atoms with Crippen molar-refractivity contribution in [2.75, 3.05) is 7.11 Å². The first kappa shape index (κ1) is 14.9. The molecule has 0 aliphatic heterocycles. The first-order valence-electron chi connectivity index (χ1n) is 6.11. The number of carbonyl (C=O) groups excluding carboxylic acids is 1. The molecule has 0 unspecified atom stereocenters. The molecule has 2 aromatic rings. The Kier molecular flexibility index (Phi) is 4.85. The van der Waals surface area contributed by atoms with E-state index in [9.17, 15) is 9.90 Å². The molecule has 0 saturated carbocycles. The van der Waals surface area contributed by atoms with Gasteiger partial charge in [-0.3, -0.25) is 0 Å². The SMILES string of the molecule is COC(=O)/C(=C\O)c1cc(Cl)ccc1Oc1ccccc1. The van der Waals surface area contributed by atoms with Crippen LogP contribution < -0.4 is 4.74 Å². The monoisotopic (exact) mass is 304 g/mol. The minimum absolute atomic E-state index is 0.0362. The first-order chi connectivity index (χ1) is 10.2. The third kappa shape index (κ3) is 3.55. The molecule has 1 N–H and O–H groups in total. The molecule has 0 spiro atoms. The number of para-hydroxylation sites is 1. The Bertz CT molecular complexity index is 665. The molecule has 0 aliphatic carbocycles. The minimum Gasteiger partial charge on any atom is -0.515 e. The molecule has 2 rings (SSSR count). The van der Waals surface area contributed by atoms with Crippen LogP contribution in [0.2, 0.25) is 5.02 Å². The average Bonchev–Trinajstić information content (AvgIpc) is 2.51. The second-order valence-electron chi connectivity index (χ2n) is 4.09. The van der Waals surface area contributed by atoms with E-state index in [-0.39, 0.29) is 5.57 Å². The van der Waals surface area contributed by atoms with Crippen LogP contribution in [0.15, 0.2) is 54.8 Å². The largest absolute Gasteiger partial charge is 0.515 e. The predicted octanol–water partition coefficient (Wildman–Crippen LogP) is 4.20. The lowest BCUT2D eigenvalue weighted by atomic mass is 10.1. The van der Waals surface area contributed by atoms with Crippen LogP contribution in [0.5, 0.6) is 11.5 Å². The van der Waals surface area contributed by atoms with Crippen molar-refractivity contribution in [3.8, 4) is 11.5 Å². The van der Waals surface area contributed by atoms with Crippen molar-refractivity contribution in [2.45, 2.75) is 0 Å². The molecule has 5 heteroatoms. The van der Waals surface area contributed by atoms with Crippen molar-refractivity contribution < 1.29 is 19.4 Å². The number of benzene rings is 2. The highest BCUT2D eigenvalue weighted by Gasteiger charge is 2.18. The summed E-state index contributed by atoms with van der Waals surface area (Å²) in [7, 11) is 1.23. The van der Waals surface area contributed by atoms with E-state index >= 15 is 0 Å². The Balaban J connectivity index is 2.45. The summed E-state index contributed by atoms with van der Waals surface area (Å²) in [6.07, 6.45) is 0.676. The summed E-state index contributed by atoms with van der Waals surface area (Å²) in [6, 6.07) is 13.9. The van der Waals surface area contributed by atoms with Crippen LogP contribution in [0.1, 0.15) is 5.56 Å². The van der Waals surface area contributed by atoms with Gasteiger partial charge in [0.1, 0.15) is 17.1 Å². The Labute approximate surface area is 127 Å². The zero-order valence-electron chi connectivity index (χ0n) is 11.2. The van der Waals surface area contributed by atoms with Crippen LogP contribution in [-0.4, -0.2) is 18.2 Å². The van der Waals surface area contributed by atoms with Crippen LogP contribution in [0.3, 0.4) is 0 Å². The van der Waals surface area contributed by atoms with Gasteiger partial charge in [0.15, 0.2) is 0 Å². The lowest BCUT2D eigenvalue weighted by molar-refractivity contribution is -0.133. The third-order valence-corrected chi connectivity index (χ3v) is 2.97. The summed E-state index contributed by atoms with van der Waals surface area (Å²) < 4.78 is 10.4. The molecule has 4 nitrogen and oxygen atoms in total. The number of ether oxygens (including phenoxy) is 2. The molecule has 0 saturated heterocycles. The molecule has 0 heterocycles. The molecule has 108 valence electrons. The van der Waals surface area contributed by atoms with E-state index in [1.54, 1.807) is 24.3 Å². The molecule has 0 atom stereocenters. The normalized spacial score (nSPS) is 11.0. The highest BCUT2D eigenvalue weighted by atomic mass is 35.5. The summed E-state index contributed by atoms with van der Waals surface area (Å²) in [5.74, 6) is 0.303. The maximum Gasteiger partial charge on any atom is 0.341 e. The van der Waals surface area contributed by atoms with Gasteiger partial charge in [-0.1, -0.05) is 29.8 Å². The van der Waals surface area contributed by atoms with Crippen LogP contribution in [0, 0.1) is 0 Å². The molecule has 0 aromatic heterocycles. The molecule has 0 fully saturated rings. The summed E-state index contributed by atoms with van der Waals surface area (Å²) >= 11 is 5.95. The van der Waals surface area contributed by atoms with Crippen LogP contribution in [0.4, 0.5) is 0 Å². The second kappa shape index (κ2) is 6.81. The van der Waals surface area contributed by atoms with Gasteiger partial charge in [0.2, 0.25) is 0 Å². The smallest absolute Gasteiger partial charge is 0.341 e. The number of hydrogen-bond acceptors (Lipinski definition) is 4. The predicted molar refractivity (Wildman–Crippen MR) is 80.6 cm³/mol. The quantitative estimate of drug-likeness (QED) is 0.522. The number of rotatable bonds is 4. The summed E-state index contributed by atoms with van der Waals surface area (Å²) in [5.41, 5.74) is 0.312. The van der Waals surface area contributed by atoms with Crippen molar-refractivity contribution in [2.24, 2.45) is 0 Å². The van der Waals surface area contributed by atoms with E-state index in [0.717, 1.165) is 0 Å².